The van der Waals surface area contributed by atoms with E-state index in [1.54, 1.807) is 12.4 Å². The van der Waals surface area contributed by atoms with Gasteiger partial charge in [-0.15, -0.1) is 8.58 Å². The number of fused-ring (bicyclic) bond motifs is 1. The van der Waals surface area contributed by atoms with Crippen molar-refractivity contribution in [1.82, 2.24) is 24.9 Å². The smallest absolute Gasteiger partial charge is 0.290 e. The molecule has 1 saturated carbocycles. The molecule has 1 aliphatic rings. The number of carboxylic acid groups (broad SMARTS) is 1. The zero-order valence-corrected chi connectivity index (χ0v) is 19.1. The van der Waals surface area contributed by atoms with Gasteiger partial charge in [0.15, 0.2) is 17.5 Å². The Morgan fingerprint density at radius 1 is 1.29 bits per heavy atom. The SMILES string of the molecule is CC[C@H]1CCCCC1Nc1nc(-c2c[nH]c3ncncc23)ncc1F.CPC.O=CO. The first kappa shape index (κ1) is 24.6. The van der Waals surface area contributed by atoms with Crippen molar-refractivity contribution in [2.75, 3.05) is 18.6 Å². The van der Waals surface area contributed by atoms with E-state index in [4.69, 9.17) is 9.90 Å². The maximum absolute atomic E-state index is 14.3. The van der Waals surface area contributed by atoms with Crippen molar-refractivity contribution in [3.63, 3.8) is 0 Å². The average molecular weight is 448 g/mol. The van der Waals surface area contributed by atoms with Crippen LogP contribution in [0, 0.1) is 11.7 Å². The van der Waals surface area contributed by atoms with Gasteiger partial charge in [-0.05, 0) is 32.1 Å². The third-order valence-corrected chi connectivity index (χ3v) is 5.10. The predicted molar refractivity (Wildman–Crippen MR) is 123 cm³/mol. The molecule has 0 amide bonds. The molecule has 0 bridgehead atoms. The number of nitrogens with one attached hydrogen (secondary N) is 2. The Morgan fingerprint density at radius 2 is 2.00 bits per heavy atom. The molecule has 1 unspecified atom stereocenters. The molecule has 3 heterocycles. The lowest BCUT2D eigenvalue weighted by atomic mass is 9.83. The van der Waals surface area contributed by atoms with Crippen molar-refractivity contribution in [1.29, 1.82) is 0 Å². The van der Waals surface area contributed by atoms with E-state index in [1.807, 2.05) is 0 Å². The minimum atomic E-state index is -0.416. The van der Waals surface area contributed by atoms with Gasteiger partial charge in [0.2, 0.25) is 0 Å². The van der Waals surface area contributed by atoms with Gasteiger partial charge in [-0.1, -0.05) is 26.2 Å². The van der Waals surface area contributed by atoms with Crippen LogP contribution in [0.2, 0.25) is 0 Å². The summed E-state index contributed by atoms with van der Waals surface area (Å²) < 4.78 is 14.3. The highest BCUT2D eigenvalue weighted by Gasteiger charge is 2.25. The molecule has 8 nitrogen and oxygen atoms in total. The zero-order valence-electron chi connectivity index (χ0n) is 18.1. The minimum Gasteiger partial charge on any atom is -0.483 e. The Balaban J connectivity index is 0.000000513. The van der Waals surface area contributed by atoms with Gasteiger partial charge in [0.25, 0.3) is 6.47 Å². The lowest BCUT2D eigenvalue weighted by Gasteiger charge is -2.32. The normalized spacial score (nSPS) is 17.7. The number of aromatic amines is 1. The molecule has 3 aromatic rings. The number of carbonyl (C=O) groups is 1. The molecular weight excluding hydrogens is 418 g/mol. The molecule has 10 heteroatoms. The Kier molecular flexibility index (Phi) is 10.2. The Morgan fingerprint density at radius 3 is 2.71 bits per heavy atom. The molecular formula is C21H30FN6O2P. The fourth-order valence-electron chi connectivity index (χ4n) is 3.71. The molecule has 168 valence electrons. The second-order valence-electron chi connectivity index (χ2n) is 7.19. The largest absolute Gasteiger partial charge is 0.483 e. The molecule has 0 aromatic carbocycles. The van der Waals surface area contributed by atoms with Gasteiger partial charge in [0, 0.05) is 29.4 Å². The van der Waals surface area contributed by atoms with Crippen molar-refractivity contribution >= 4 is 31.9 Å². The monoisotopic (exact) mass is 448 g/mol. The van der Waals surface area contributed by atoms with Crippen LogP contribution in [-0.2, 0) is 4.79 Å². The number of hydrogen-bond donors (Lipinski definition) is 3. The minimum absolute atomic E-state index is 0.250. The van der Waals surface area contributed by atoms with Crippen LogP contribution in [0.5, 0.6) is 0 Å². The van der Waals surface area contributed by atoms with E-state index in [0.717, 1.165) is 32.4 Å². The third kappa shape index (κ3) is 6.66. The molecule has 1 fully saturated rings. The lowest BCUT2D eigenvalue weighted by Crippen LogP contribution is -2.32. The summed E-state index contributed by atoms with van der Waals surface area (Å²) in [6.07, 6.45) is 12.0. The molecule has 1 aliphatic carbocycles. The Labute approximate surface area is 183 Å². The summed E-state index contributed by atoms with van der Waals surface area (Å²) in [6, 6.07) is 0.266. The molecule has 4 rings (SSSR count). The van der Waals surface area contributed by atoms with Gasteiger partial charge >= 0.3 is 0 Å². The highest BCUT2D eigenvalue weighted by molar-refractivity contribution is 7.35. The summed E-state index contributed by atoms with van der Waals surface area (Å²) in [7, 11) is 1.08. The van der Waals surface area contributed by atoms with Gasteiger partial charge in [0.1, 0.15) is 12.0 Å². The Bertz CT molecular complexity index is 955. The van der Waals surface area contributed by atoms with E-state index in [9.17, 15) is 4.39 Å². The van der Waals surface area contributed by atoms with E-state index >= 15 is 0 Å². The molecule has 0 aliphatic heterocycles. The third-order valence-electron chi connectivity index (χ3n) is 5.10. The van der Waals surface area contributed by atoms with Crippen molar-refractivity contribution in [3.05, 3.63) is 30.7 Å². The van der Waals surface area contributed by atoms with Gasteiger partial charge < -0.3 is 15.4 Å². The molecule has 3 aromatic heterocycles. The van der Waals surface area contributed by atoms with Crippen molar-refractivity contribution in [2.24, 2.45) is 5.92 Å². The van der Waals surface area contributed by atoms with Crippen LogP contribution in [0.4, 0.5) is 10.2 Å². The lowest BCUT2D eigenvalue weighted by molar-refractivity contribution is -0.122. The van der Waals surface area contributed by atoms with Crippen LogP contribution < -0.4 is 5.32 Å². The quantitative estimate of drug-likeness (QED) is 0.396. The summed E-state index contributed by atoms with van der Waals surface area (Å²) >= 11 is 0. The summed E-state index contributed by atoms with van der Waals surface area (Å²) in [5, 5.41) is 11.0. The van der Waals surface area contributed by atoms with Crippen molar-refractivity contribution < 1.29 is 14.3 Å². The van der Waals surface area contributed by atoms with E-state index in [1.165, 1.54) is 31.8 Å². The fraction of sp³-hybridized carbons (Fsp3) is 0.476. The maximum Gasteiger partial charge on any atom is 0.290 e. The van der Waals surface area contributed by atoms with Crippen LogP contribution in [0.25, 0.3) is 22.4 Å². The average Bonchev–Trinajstić information content (AvgIpc) is 3.21. The maximum atomic E-state index is 14.3. The number of nitrogens with zero attached hydrogens (tertiary/aromatic N) is 4. The van der Waals surface area contributed by atoms with E-state index < -0.39 is 5.82 Å². The van der Waals surface area contributed by atoms with Gasteiger partial charge in [-0.3, -0.25) is 4.79 Å². The zero-order chi connectivity index (χ0) is 22.6. The number of halogens is 1. The van der Waals surface area contributed by atoms with E-state index in [2.05, 4.69) is 50.5 Å². The second-order valence-corrected chi connectivity index (χ2v) is 8.19. The summed E-state index contributed by atoms with van der Waals surface area (Å²) in [5.74, 6) is 0.892. The van der Waals surface area contributed by atoms with E-state index in [-0.39, 0.29) is 18.3 Å². The van der Waals surface area contributed by atoms with Crippen LogP contribution in [0.1, 0.15) is 39.0 Å². The number of rotatable bonds is 4. The first-order chi connectivity index (χ1) is 15.1. The number of anilines is 1. The van der Waals surface area contributed by atoms with Crippen molar-refractivity contribution in [2.45, 2.75) is 45.1 Å². The van der Waals surface area contributed by atoms with Gasteiger partial charge in [-0.2, -0.15) is 0 Å². The topological polar surface area (TPSA) is 117 Å². The summed E-state index contributed by atoms with van der Waals surface area (Å²) in [5.41, 5.74) is 1.49. The fourth-order valence-corrected chi connectivity index (χ4v) is 3.71. The van der Waals surface area contributed by atoms with Gasteiger partial charge in [-0.25, -0.2) is 24.3 Å². The van der Waals surface area contributed by atoms with Crippen LogP contribution in [-0.4, -0.2) is 55.9 Å². The van der Waals surface area contributed by atoms with Gasteiger partial charge in [0.05, 0.1) is 6.20 Å². The summed E-state index contributed by atoms with van der Waals surface area (Å²) in [6.45, 7) is 6.25. The number of aromatic nitrogens is 5. The molecule has 2 atom stereocenters. The Hall–Kier alpha value is -2.67. The first-order valence-corrected chi connectivity index (χ1v) is 12.3. The molecule has 0 spiro atoms. The standard InChI is InChI=1S/C18H21FN6.C2H7P.CH2O2/c1-2-11-5-3-4-6-15(11)24-18-14(19)9-22-17(25-18)13-8-21-16-12(13)7-20-10-23-16;1-3-2;2-1-3/h7-11,15H,2-6H2,1H3,(H,20,21,23)(H,22,24,25);3H,1-2H3;1H,(H,2,3)/t11-,15?;;/m0../s1. The first-order valence-electron chi connectivity index (χ1n) is 10.3. The molecule has 3 N–H and O–H groups in total. The summed E-state index contributed by atoms with van der Waals surface area (Å²) in [4.78, 5) is 28.3. The van der Waals surface area contributed by atoms with Crippen LogP contribution in [0.15, 0.2) is 24.9 Å². The second kappa shape index (κ2) is 12.9. The molecule has 31 heavy (non-hydrogen) atoms. The highest BCUT2D eigenvalue weighted by atomic mass is 31.1. The number of H-pyrrole nitrogens is 1. The highest BCUT2D eigenvalue weighted by Crippen LogP contribution is 2.31. The van der Waals surface area contributed by atoms with Crippen molar-refractivity contribution in [3.8, 4) is 11.4 Å². The predicted octanol–water partition coefficient (Wildman–Crippen LogP) is 4.56. The van der Waals surface area contributed by atoms with E-state index in [0.29, 0.717) is 17.4 Å². The molecule has 0 saturated heterocycles. The van der Waals surface area contributed by atoms with Crippen LogP contribution in [0.3, 0.4) is 0 Å². The van der Waals surface area contributed by atoms with Crippen LogP contribution >= 0.6 is 8.58 Å². The molecule has 0 radical (unpaired) electrons. The number of hydrogen-bond acceptors (Lipinski definition) is 6.